The van der Waals surface area contributed by atoms with Gasteiger partial charge in [-0.25, -0.2) is 0 Å². The molecule has 0 saturated heterocycles. The summed E-state index contributed by atoms with van der Waals surface area (Å²) in [6, 6.07) is 8.42. The lowest BCUT2D eigenvalue weighted by atomic mass is 10.0. The van der Waals surface area contributed by atoms with E-state index in [9.17, 15) is 0 Å². The number of hydrogen-bond acceptors (Lipinski definition) is 2. The molecule has 0 spiro atoms. The number of benzene rings is 1. The van der Waals surface area contributed by atoms with Gasteiger partial charge in [-0.05, 0) is 35.7 Å². The average molecular weight is 213 g/mol. The van der Waals surface area contributed by atoms with E-state index in [1.165, 1.54) is 16.7 Å². The Hall–Kier alpha value is -1.54. The Morgan fingerprint density at radius 2 is 2.12 bits per heavy atom. The summed E-state index contributed by atoms with van der Waals surface area (Å²) in [5.41, 5.74) is 3.91. The third-order valence-electron chi connectivity index (χ3n) is 3.11. The Morgan fingerprint density at radius 3 is 3.00 bits per heavy atom. The van der Waals surface area contributed by atoms with Gasteiger partial charge in [0.05, 0.1) is 0 Å². The number of ether oxygens (including phenoxy) is 1. The zero-order valence-electron chi connectivity index (χ0n) is 9.20. The molecule has 0 radical (unpaired) electrons. The largest absolute Gasteiger partial charge is 0.489 e. The summed E-state index contributed by atoms with van der Waals surface area (Å²) in [6.07, 6.45) is 5.45. The van der Waals surface area contributed by atoms with Crippen molar-refractivity contribution in [3.8, 4) is 0 Å². The summed E-state index contributed by atoms with van der Waals surface area (Å²) in [6.45, 7) is 2.71. The molecular weight excluding hydrogens is 198 g/mol. The number of allylic oxidation sites excluding steroid dienone is 1. The highest BCUT2D eigenvalue weighted by molar-refractivity contribution is 5.61. The summed E-state index contributed by atoms with van der Waals surface area (Å²) in [5, 5.41) is 3.31. The fraction of sp³-hybridized carbons (Fsp3) is 0.286. The predicted octanol–water partition coefficient (Wildman–Crippen LogP) is 2.48. The van der Waals surface area contributed by atoms with Crippen LogP contribution in [0.25, 0.3) is 6.08 Å². The molecule has 0 saturated carbocycles. The SMILES string of the molecule is C1=C(C2=Cc3ccccc3CO2)CCNC1. The second-order valence-corrected chi connectivity index (χ2v) is 4.18. The van der Waals surface area contributed by atoms with Crippen molar-refractivity contribution in [1.29, 1.82) is 0 Å². The Bertz CT molecular complexity index is 460. The van der Waals surface area contributed by atoms with Gasteiger partial charge in [0.1, 0.15) is 12.4 Å². The van der Waals surface area contributed by atoms with E-state index >= 15 is 0 Å². The van der Waals surface area contributed by atoms with Gasteiger partial charge < -0.3 is 10.1 Å². The first-order chi connectivity index (χ1) is 7.93. The molecule has 1 N–H and O–H groups in total. The standard InChI is InChI=1S/C14H15NO/c1-2-4-13-10-16-14(9-12(13)3-1)11-5-7-15-8-6-11/h1-5,9,15H,6-8,10H2. The highest BCUT2D eigenvalue weighted by Crippen LogP contribution is 2.27. The molecule has 2 aliphatic heterocycles. The lowest BCUT2D eigenvalue weighted by Gasteiger charge is -2.22. The maximum atomic E-state index is 5.81. The molecule has 0 aromatic heterocycles. The minimum Gasteiger partial charge on any atom is -0.489 e. The molecule has 0 bridgehead atoms. The topological polar surface area (TPSA) is 21.3 Å². The van der Waals surface area contributed by atoms with Crippen LogP contribution in [-0.2, 0) is 11.3 Å². The predicted molar refractivity (Wildman–Crippen MR) is 64.8 cm³/mol. The number of hydrogen-bond donors (Lipinski definition) is 1. The molecule has 0 unspecified atom stereocenters. The molecule has 0 fully saturated rings. The fourth-order valence-electron chi connectivity index (χ4n) is 2.18. The van der Waals surface area contributed by atoms with Crippen LogP contribution in [0, 0.1) is 0 Å². The minimum absolute atomic E-state index is 0.701. The number of fused-ring (bicyclic) bond motifs is 1. The first-order valence-electron chi connectivity index (χ1n) is 5.76. The summed E-state index contributed by atoms with van der Waals surface area (Å²) in [7, 11) is 0. The van der Waals surface area contributed by atoms with E-state index in [2.05, 4.69) is 41.7 Å². The van der Waals surface area contributed by atoms with E-state index in [-0.39, 0.29) is 0 Å². The molecule has 1 aromatic carbocycles. The van der Waals surface area contributed by atoms with Crippen LogP contribution in [0.4, 0.5) is 0 Å². The highest BCUT2D eigenvalue weighted by Gasteiger charge is 2.15. The van der Waals surface area contributed by atoms with E-state index < -0.39 is 0 Å². The van der Waals surface area contributed by atoms with Gasteiger partial charge in [0, 0.05) is 6.54 Å². The average Bonchev–Trinajstić information content (AvgIpc) is 2.39. The molecule has 82 valence electrons. The monoisotopic (exact) mass is 213 g/mol. The van der Waals surface area contributed by atoms with E-state index in [0.29, 0.717) is 6.61 Å². The van der Waals surface area contributed by atoms with Crippen molar-refractivity contribution in [2.75, 3.05) is 13.1 Å². The third-order valence-corrected chi connectivity index (χ3v) is 3.11. The van der Waals surface area contributed by atoms with Crippen LogP contribution in [0.5, 0.6) is 0 Å². The molecule has 1 aromatic rings. The van der Waals surface area contributed by atoms with Gasteiger partial charge in [-0.3, -0.25) is 0 Å². The van der Waals surface area contributed by atoms with Crippen molar-refractivity contribution >= 4 is 6.08 Å². The van der Waals surface area contributed by atoms with Gasteiger partial charge in [-0.1, -0.05) is 30.3 Å². The maximum Gasteiger partial charge on any atom is 0.123 e. The first kappa shape index (κ1) is 9.67. The maximum absolute atomic E-state index is 5.81. The molecule has 2 aliphatic rings. The lowest BCUT2D eigenvalue weighted by Crippen LogP contribution is -2.22. The molecule has 0 amide bonds. The Kier molecular flexibility index (Phi) is 2.50. The van der Waals surface area contributed by atoms with Crippen LogP contribution in [0.1, 0.15) is 17.5 Å². The van der Waals surface area contributed by atoms with Crippen LogP contribution < -0.4 is 5.32 Å². The van der Waals surface area contributed by atoms with E-state index in [1.54, 1.807) is 0 Å². The normalized spacial score (nSPS) is 19.2. The summed E-state index contributed by atoms with van der Waals surface area (Å²) < 4.78 is 5.81. The minimum atomic E-state index is 0.701. The van der Waals surface area contributed by atoms with E-state index in [4.69, 9.17) is 4.74 Å². The molecule has 0 aliphatic carbocycles. The number of nitrogens with one attached hydrogen (secondary N) is 1. The van der Waals surface area contributed by atoms with Crippen molar-refractivity contribution < 1.29 is 4.74 Å². The molecule has 16 heavy (non-hydrogen) atoms. The van der Waals surface area contributed by atoms with Crippen molar-refractivity contribution in [1.82, 2.24) is 5.32 Å². The molecular formula is C14H15NO. The summed E-state index contributed by atoms with van der Waals surface area (Å²) in [5.74, 6) is 1.06. The van der Waals surface area contributed by atoms with Gasteiger partial charge in [0.2, 0.25) is 0 Å². The lowest BCUT2D eigenvalue weighted by molar-refractivity contribution is 0.203. The molecule has 2 heteroatoms. The van der Waals surface area contributed by atoms with E-state index in [1.807, 2.05) is 0 Å². The zero-order valence-corrected chi connectivity index (χ0v) is 9.20. The zero-order chi connectivity index (χ0) is 10.8. The quantitative estimate of drug-likeness (QED) is 0.773. The molecule has 3 rings (SSSR count). The van der Waals surface area contributed by atoms with E-state index in [0.717, 1.165) is 25.3 Å². The van der Waals surface area contributed by atoms with Crippen LogP contribution >= 0.6 is 0 Å². The van der Waals surface area contributed by atoms with Crippen molar-refractivity contribution in [3.63, 3.8) is 0 Å². The second-order valence-electron chi connectivity index (χ2n) is 4.18. The van der Waals surface area contributed by atoms with Crippen LogP contribution in [0.15, 0.2) is 41.7 Å². The van der Waals surface area contributed by atoms with Gasteiger partial charge in [-0.2, -0.15) is 0 Å². The number of rotatable bonds is 1. The van der Waals surface area contributed by atoms with Gasteiger partial charge in [-0.15, -0.1) is 0 Å². The Morgan fingerprint density at radius 1 is 1.19 bits per heavy atom. The van der Waals surface area contributed by atoms with Gasteiger partial charge in [0.25, 0.3) is 0 Å². The molecule has 0 atom stereocenters. The van der Waals surface area contributed by atoms with Crippen LogP contribution in [-0.4, -0.2) is 13.1 Å². The van der Waals surface area contributed by atoms with Crippen molar-refractivity contribution in [2.24, 2.45) is 0 Å². The van der Waals surface area contributed by atoms with Gasteiger partial charge >= 0.3 is 0 Å². The van der Waals surface area contributed by atoms with Crippen molar-refractivity contribution in [2.45, 2.75) is 13.0 Å². The summed E-state index contributed by atoms with van der Waals surface area (Å²) in [4.78, 5) is 0. The molecule has 2 heterocycles. The second kappa shape index (κ2) is 4.14. The van der Waals surface area contributed by atoms with Gasteiger partial charge in [0.15, 0.2) is 0 Å². The Balaban J connectivity index is 1.94. The Labute approximate surface area is 95.6 Å². The van der Waals surface area contributed by atoms with Crippen LogP contribution in [0.3, 0.4) is 0 Å². The van der Waals surface area contributed by atoms with Crippen LogP contribution in [0.2, 0.25) is 0 Å². The summed E-state index contributed by atoms with van der Waals surface area (Å²) >= 11 is 0. The smallest absolute Gasteiger partial charge is 0.123 e. The molecule has 2 nitrogen and oxygen atoms in total. The fourth-order valence-corrected chi connectivity index (χ4v) is 2.18. The third kappa shape index (κ3) is 1.76. The highest BCUT2D eigenvalue weighted by atomic mass is 16.5. The first-order valence-corrected chi connectivity index (χ1v) is 5.76. The van der Waals surface area contributed by atoms with Crippen molar-refractivity contribution in [3.05, 3.63) is 52.8 Å².